The van der Waals surface area contributed by atoms with E-state index in [1.54, 1.807) is 11.0 Å². The third-order valence-electron chi connectivity index (χ3n) is 6.49. The van der Waals surface area contributed by atoms with Gasteiger partial charge >= 0.3 is 0 Å². The van der Waals surface area contributed by atoms with Crippen molar-refractivity contribution in [2.45, 2.75) is 32.7 Å². The molecule has 4 aromatic rings. The number of nitrogens with two attached hydrogens (primary N) is 1. The molecule has 7 nitrogen and oxygen atoms in total. The van der Waals surface area contributed by atoms with Crippen molar-refractivity contribution in [3.63, 3.8) is 0 Å². The lowest BCUT2D eigenvalue weighted by molar-refractivity contribution is 0.461. The zero-order valence-electron chi connectivity index (χ0n) is 21.0. The Hall–Kier alpha value is -4.23. The van der Waals surface area contributed by atoms with Crippen molar-refractivity contribution < 1.29 is 13.5 Å². The average Bonchev–Trinajstić information content (AvgIpc) is 3.34. The molecule has 1 aliphatic rings. The first-order valence-electron chi connectivity index (χ1n) is 12.2. The summed E-state index contributed by atoms with van der Waals surface area (Å²) in [5.41, 5.74) is 9.13. The molecule has 194 valence electrons. The van der Waals surface area contributed by atoms with E-state index in [9.17, 15) is 8.78 Å². The molecule has 0 atom stereocenters. The van der Waals surface area contributed by atoms with Gasteiger partial charge < -0.3 is 20.7 Å². The normalized spacial score (nSPS) is 14.2. The smallest absolute Gasteiger partial charge is 0.242 e. The number of anilines is 3. The summed E-state index contributed by atoms with van der Waals surface area (Å²) in [7, 11) is 0. The van der Waals surface area contributed by atoms with Crippen molar-refractivity contribution in [2.24, 2.45) is 0 Å². The number of allylic oxidation sites excluding steroid dienone is 1. The van der Waals surface area contributed by atoms with Crippen molar-refractivity contribution in [2.75, 3.05) is 29.0 Å². The maximum Gasteiger partial charge on any atom is 0.242 e. The van der Waals surface area contributed by atoms with Gasteiger partial charge in [-0.15, -0.1) is 11.3 Å². The molecule has 0 saturated carbocycles. The fourth-order valence-electron chi connectivity index (χ4n) is 4.76. The van der Waals surface area contributed by atoms with Crippen LogP contribution in [0.4, 0.5) is 26.1 Å². The molecule has 0 bridgehead atoms. The molecule has 3 heterocycles. The summed E-state index contributed by atoms with van der Waals surface area (Å²) >= 11 is 1.50. The second kappa shape index (κ2) is 10.6. The fraction of sp³-hybridized carbons (Fsp3) is 0.250. The molecule has 1 fully saturated rings. The number of aromatic nitrogens is 2. The molecular weight excluding hydrogens is 506 g/mol. The second-order valence-electron chi connectivity index (χ2n) is 9.27. The van der Waals surface area contributed by atoms with Gasteiger partial charge in [0.15, 0.2) is 11.6 Å². The Morgan fingerprint density at radius 2 is 1.82 bits per heavy atom. The molecule has 2 aromatic heterocycles. The lowest BCUT2D eigenvalue weighted by Gasteiger charge is -2.34. The molecule has 5 rings (SSSR count). The fourth-order valence-corrected chi connectivity index (χ4v) is 5.51. The Kier molecular flexibility index (Phi) is 7.11. The van der Waals surface area contributed by atoms with Crippen LogP contribution in [0.1, 0.15) is 29.5 Å². The van der Waals surface area contributed by atoms with Crippen LogP contribution in [-0.2, 0) is 0 Å². The Bertz CT molecular complexity index is 1520. The van der Waals surface area contributed by atoms with Crippen LogP contribution in [0.2, 0.25) is 0 Å². The van der Waals surface area contributed by atoms with E-state index in [-0.39, 0.29) is 17.4 Å². The van der Waals surface area contributed by atoms with E-state index in [1.807, 2.05) is 43.5 Å². The lowest BCUT2D eigenvalue weighted by atomic mass is 10.0. The van der Waals surface area contributed by atoms with Crippen molar-refractivity contribution in [1.82, 2.24) is 9.97 Å². The van der Waals surface area contributed by atoms with Crippen LogP contribution >= 0.6 is 11.3 Å². The molecular formula is C28H26F2N6OS. The van der Waals surface area contributed by atoms with E-state index in [0.29, 0.717) is 43.5 Å². The molecule has 0 amide bonds. The van der Waals surface area contributed by atoms with Crippen LogP contribution in [0.5, 0.6) is 11.6 Å². The number of nitrogen functional groups attached to an aromatic ring is 1. The highest BCUT2D eigenvalue weighted by atomic mass is 32.1. The number of nitriles is 1. The zero-order chi connectivity index (χ0) is 26.8. The highest BCUT2D eigenvalue weighted by Crippen LogP contribution is 2.36. The third kappa shape index (κ3) is 5.24. The van der Waals surface area contributed by atoms with E-state index >= 15 is 0 Å². The number of nitrogens with one attached hydrogen (secondary N) is 1. The molecule has 1 saturated heterocycles. The Morgan fingerprint density at radius 3 is 2.47 bits per heavy atom. The number of hydrogen-bond donors (Lipinski definition) is 2. The maximum absolute atomic E-state index is 14.4. The number of piperidine rings is 1. The van der Waals surface area contributed by atoms with Crippen LogP contribution in [-0.4, -0.2) is 29.1 Å². The van der Waals surface area contributed by atoms with E-state index in [2.05, 4.69) is 10.3 Å². The summed E-state index contributed by atoms with van der Waals surface area (Å²) in [6, 6.07) is 10.2. The largest absolute Gasteiger partial charge is 0.437 e. The first kappa shape index (κ1) is 25.4. The van der Waals surface area contributed by atoms with Crippen LogP contribution in [0, 0.1) is 36.8 Å². The first-order chi connectivity index (χ1) is 18.3. The van der Waals surface area contributed by atoms with Gasteiger partial charge in [-0.2, -0.15) is 10.2 Å². The zero-order valence-corrected chi connectivity index (χ0v) is 21.8. The Morgan fingerprint density at radius 1 is 1.13 bits per heavy atom. The van der Waals surface area contributed by atoms with Gasteiger partial charge in [-0.3, -0.25) is 0 Å². The Labute approximate surface area is 223 Å². The van der Waals surface area contributed by atoms with Gasteiger partial charge in [0.25, 0.3) is 0 Å². The number of nitrogens with zero attached hydrogens (tertiary/aromatic N) is 4. The number of halogens is 2. The van der Waals surface area contributed by atoms with Crippen molar-refractivity contribution in [3.05, 3.63) is 70.1 Å². The minimum Gasteiger partial charge on any atom is -0.437 e. The SMILES string of the molecule is Cc1cc(/C=C/C#N)cc(C)c1Oc1nc(NC2CCN(c3c(F)cc(N)cc3F)CC2)nc2ccsc12. The maximum atomic E-state index is 14.4. The molecule has 1 aliphatic heterocycles. The number of benzene rings is 2. The minimum absolute atomic E-state index is 0.0322. The van der Waals surface area contributed by atoms with Gasteiger partial charge in [0.2, 0.25) is 11.8 Å². The van der Waals surface area contributed by atoms with Crippen molar-refractivity contribution in [3.8, 4) is 17.7 Å². The molecule has 0 aliphatic carbocycles. The summed E-state index contributed by atoms with van der Waals surface area (Å²) in [6.07, 6.45) is 4.51. The molecule has 3 N–H and O–H groups in total. The Balaban J connectivity index is 1.34. The summed E-state index contributed by atoms with van der Waals surface area (Å²) < 4.78 is 36.0. The van der Waals surface area contributed by atoms with Gasteiger partial charge in [-0.05, 0) is 85.2 Å². The molecule has 0 spiro atoms. The molecule has 38 heavy (non-hydrogen) atoms. The monoisotopic (exact) mass is 532 g/mol. The van der Waals surface area contributed by atoms with Crippen LogP contribution in [0.15, 0.2) is 41.8 Å². The van der Waals surface area contributed by atoms with Gasteiger partial charge in [-0.1, -0.05) is 0 Å². The predicted octanol–water partition coefficient (Wildman–Crippen LogP) is 6.58. The topological polar surface area (TPSA) is 100 Å². The van der Waals surface area contributed by atoms with Crippen LogP contribution < -0.4 is 20.7 Å². The highest BCUT2D eigenvalue weighted by molar-refractivity contribution is 7.17. The number of hydrogen-bond acceptors (Lipinski definition) is 8. The number of ether oxygens (including phenoxy) is 1. The van der Waals surface area contributed by atoms with E-state index < -0.39 is 11.6 Å². The number of thiophene rings is 1. The quantitative estimate of drug-likeness (QED) is 0.214. The second-order valence-corrected chi connectivity index (χ2v) is 10.2. The first-order valence-corrected chi connectivity index (χ1v) is 13.1. The predicted molar refractivity (Wildman–Crippen MR) is 148 cm³/mol. The number of aryl methyl sites for hydroxylation is 2. The standard InChI is InChI=1S/C28H26F2N6OS/c1-16-12-18(4-3-8-31)13-17(2)25(16)37-27-26-23(7-11-38-26)34-28(35-27)33-20-5-9-36(10-6-20)24-21(29)14-19(32)15-22(24)30/h3-4,7,11-15,20H,5-6,9-10,32H2,1-2H3,(H,33,34,35)/b4-3+. The lowest BCUT2D eigenvalue weighted by Crippen LogP contribution is -2.40. The number of rotatable bonds is 6. The van der Waals surface area contributed by atoms with Gasteiger partial charge in [0.05, 0.1) is 11.6 Å². The van der Waals surface area contributed by atoms with Gasteiger partial charge in [0, 0.05) is 30.9 Å². The average molecular weight is 533 g/mol. The van der Waals surface area contributed by atoms with Crippen LogP contribution in [0.3, 0.4) is 0 Å². The highest BCUT2D eigenvalue weighted by Gasteiger charge is 2.25. The van der Waals surface area contributed by atoms with E-state index in [0.717, 1.165) is 39.0 Å². The van der Waals surface area contributed by atoms with E-state index in [4.69, 9.17) is 20.7 Å². The van der Waals surface area contributed by atoms with Crippen molar-refractivity contribution in [1.29, 1.82) is 5.26 Å². The third-order valence-corrected chi connectivity index (χ3v) is 7.38. The summed E-state index contributed by atoms with van der Waals surface area (Å²) in [4.78, 5) is 11.1. The summed E-state index contributed by atoms with van der Waals surface area (Å²) in [6.45, 7) is 4.87. The van der Waals surface area contributed by atoms with E-state index in [1.165, 1.54) is 17.4 Å². The van der Waals surface area contributed by atoms with Gasteiger partial charge in [0.1, 0.15) is 16.1 Å². The minimum atomic E-state index is -0.651. The summed E-state index contributed by atoms with van der Waals surface area (Å²) in [5, 5.41) is 14.2. The van der Waals surface area contributed by atoms with Crippen LogP contribution in [0.25, 0.3) is 16.3 Å². The molecule has 0 radical (unpaired) electrons. The summed E-state index contributed by atoms with van der Waals surface area (Å²) in [5.74, 6) is 0.308. The number of fused-ring (bicyclic) bond motifs is 1. The molecule has 0 unspecified atom stereocenters. The molecule has 10 heteroatoms. The molecule has 2 aromatic carbocycles. The van der Waals surface area contributed by atoms with Gasteiger partial charge in [-0.25, -0.2) is 13.8 Å². The van der Waals surface area contributed by atoms with Crippen molar-refractivity contribution >= 4 is 45.0 Å².